The Morgan fingerprint density at radius 1 is 1.75 bits per heavy atom. The third-order valence-corrected chi connectivity index (χ3v) is 2.33. The van der Waals surface area contributed by atoms with Gasteiger partial charge >= 0.3 is 0 Å². The van der Waals surface area contributed by atoms with Crippen LogP contribution in [0.25, 0.3) is 0 Å². The van der Waals surface area contributed by atoms with Crippen LogP contribution in [0.2, 0.25) is 0 Å². The van der Waals surface area contributed by atoms with Gasteiger partial charge in [-0.05, 0) is 31.8 Å². The van der Waals surface area contributed by atoms with E-state index in [1.165, 1.54) is 0 Å². The molecule has 0 heterocycles. The number of rotatable bonds is 2. The van der Waals surface area contributed by atoms with E-state index < -0.39 is 0 Å². The number of carbonyl (C=O) groups excluding carboxylic acids is 1. The zero-order valence-electron chi connectivity index (χ0n) is 7.34. The van der Waals surface area contributed by atoms with Crippen LogP contribution in [0.1, 0.15) is 26.2 Å². The summed E-state index contributed by atoms with van der Waals surface area (Å²) in [5.41, 5.74) is 0.820. The van der Waals surface area contributed by atoms with Gasteiger partial charge in [-0.25, -0.2) is 0 Å². The van der Waals surface area contributed by atoms with Crippen LogP contribution in [-0.2, 0) is 4.79 Å². The lowest BCUT2D eigenvalue weighted by Crippen LogP contribution is -2.21. The summed E-state index contributed by atoms with van der Waals surface area (Å²) in [6.45, 7) is 5.39. The number of aliphatic hydroxyl groups excluding tert-OH is 1. The second-order valence-corrected chi connectivity index (χ2v) is 3.25. The highest BCUT2D eigenvalue weighted by Crippen LogP contribution is 2.26. The van der Waals surface area contributed by atoms with Gasteiger partial charge < -0.3 is 5.11 Å². The topological polar surface area (TPSA) is 37.3 Å². The largest absolute Gasteiger partial charge is 0.504 e. The molecule has 0 amide bonds. The number of carbonyl (C=O) groups is 1. The fourth-order valence-electron chi connectivity index (χ4n) is 1.47. The van der Waals surface area contributed by atoms with Crippen LogP contribution < -0.4 is 0 Å². The van der Waals surface area contributed by atoms with E-state index in [-0.39, 0.29) is 17.5 Å². The molecule has 2 heteroatoms. The molecular formula is C10H14O2. The molecule has 0 aromatic rings. The molecule has 0 radical (unpaired) electrons. The first-order chi connectivity index (χ1) is 5.66. The second-order valence-electron chi connectivity index (χ2n) is 3.25. The van der Waals surface area contributed by atoms with Crippen LogP contribution in [0.5, 0.6) is 0 Å². The molecule has 0 saturated heterocycles. The number of Topliss-reactive ketones (excluding diaryl/α,β-unsaturated/α-hetero) is 1. The Morgan fingerprint density at radius 3 is 3.00 bits per heavy atom. The van der Waals surface area contributed by atoms with Crippen LogP contribution in [0.3, 0.4) is 0 Å². The van der Waals surface area contributed by atoms with Crippen molar-refractivity contribution in [1.82, 2.24) is 0 Å². The van der Waals surface area contributed by atoms with E-state index >= 15 is 0 Å². The maximum Gasteiger partial charge on any atom is 0.200 e. The summed E-state index contributed by atoms with van der Waals surface area (Å²) >= 11 is 0. The predicted octanol–water partition coefficient (Wildman–Crippen LogP) is 2.37. The van der Waals surface area contributed by atoms with Gasteiger partial charge in [-0.3, -0.25) is 4.79 Å². The molecular weight excluding hydrogens is 152 g/mol. The summed E-state index contributed by atoms with van der Waals surface area (Å²) in [5.74, 6) is -0.169. The van der Waals surface area contributed by atoms with E-state index in [2.05, 4.69) is 6.58 Å². The van der Waals surface area contributed by atoms with E-state index in [1.54, 1.807) is 13.0 Å². The van der Waals surface area contributed by atoms with Gasteiger partial charge in [0, 0.05) is 5.92 Å². The fraction of sp³-hybridized carbons (Fsp3) is 0.500. The summed E-state index contributed by atoms with van der Waals surface area (Å²) < 4.78 is 0. The minimum absolute atomic E-state index is 0.0203. The predicted molar refractivity (Wildman–Crippen MR) is 47.9 cm³/mol. The Morgan fingerprint density at radius 2 is 2.42 bits per heavy atom. The van der Waals surface area contributed by atoms with Crippen LogP contribution in [0.4, 0.5) is 0 Å². The van der Waals surface area contributed by atoms with Gasteiger partial charge in [-0.2, -0.15) is 0 Å². The zero-order chi connectivity index (χ0) is 9.14. The van der Waals surface area contributed by atoms with Crippen LogP contribution in [-0.4, -0.2) is 10.9 Å². The fourth-order valence-corrected chi connectivity index (χ4v) is 1.47. The van der Waals surface area contributed by atoms with E-state index in [9.17, 15) is 9.90 Å². The van der Waals surface area contributed by atoms with Crippen molar-refractivity contribution in [1.29, 1.82) is 0 Å². The Bertz CT molecular complexity index is 238. The van der Waals surface area contributed by atoms with Crippen molar-refractivity contribution in [2.45, 2.75) is 26.2 Å². The molecule has 2 nitrogen and oxygen atoms in total. The normalized spacial score (nSPS) is 24.4. The van der Waals surface area contributed by atoms with Crippen molar-refractivity contribution < 1.29 is 9.90 Å². The summed E-state index contributed by atoms with van der Waals surface area (Å²) in [4.78, 5) is 11.4. The molecule has 1 aliphatic carbocycles. The van der Waals surface area contributed by atoms with Gasteiger partial charge in [0.25, 0.3) is 0 Å². The number of hydrogen-bond donors (Lipinski definition) is 1. The molecule has 0 spiro atoms. The summed E-state index contributed by atoms with van der Waals surface area (Å²) in [6.07, 6.45) is 4.09. The van der Waals surface area contributed by atoms with Gasteiger partial charge in [0.05, 0.1) is 0 Å². The van der Waals surface area contributed by atoms with Crippen molar-refractivity contribution in [2.24, 2.45) is 5.92 Å². The molecule has 1 aliphatic rings. The SMILES string of the molecule is C=CCC1CCC(C)=C(O)C1=O. The van der Waals surface area contributed by atoms with Crippen LogP contribution >= 0.6 is 0 Å². The van der Waals surface area contributed by atoms with Crippen molar-refractivity contribution >= 4 is 5.78 Å². The molecule has 0 saturated carbocycles. The van der Waals surface area contributed by atoms with Gasteiger partial charge in [-0.15, -0.1) is 6.58 Å². The van der Waals surface area contributed by atoms with Crippen molar-refractivity contribution in [2.75, 3.05) is 0 Å². The minimum atomic E-state index is -0.112. The first-order valence-electron chi connectivity index (χ1n) is 4.20. The lowest BCUT2D eigenvalue weighted by Gasteiger charge is -2.19. The molecule has 0 fully saturated rings. The lowest BCUT2D eigenvalue weighted by molar-refractivity contribution is -0.122. The van der Waals surface area contributed by atoms with Gasteiger partial charge in [0.1, 0.15) is 0 Å². The maximum absolute atomic E-state index is 11.4. The third kappa shape index (κ3) is 1.58. The van der Waals surface area contributed by atoms with E-state index in [0.29, 0.717) is 6.42 Å². The Kier molecular flexibility index (Phi) is 2.69. The van der Waals surface area contributed by atoms with Gasteiger partial charge in [0.2, 0.25) is 0 Å². The monoisotopic (exact) mass is 166 g/mol. The van der Waals surface area contributed by atoms with E-state index in [0.717, 1.165) is 18.4 Å². The van der Waals surface area contributed by atoms with E-state index in [1.807, 2.05) is 0 Å². The maximum atomic E-state index is 11.4. The van der Waals surface area contributed by atoms with Crippen molar-refractivity contribution in [3.63, 3.8) is 0 Å². The second kappa shape index (κ2) is 3.57. The smallest absolute Gasteiger partial charge is 0.200 e. The van der Waals surface area contributed by atoms with Crippen LogP contribution in [0, 0.1) is 5.92 Å². The molecule has 0 aliphatic heterocycles. The summed E-state index contributed by atoms with van der Waals surface area (Å²) in [5, 5.41) is 9.34. The lowest BCUT2D eigenvalue weighted by atomic mass is 9.85. The molecule has 1 atom stereocenters. The Hall–Kier alpha value is -1.05. The molecule has 0 aromatic carbocycles. The molecule has 1 N–H and O–H groups in total. The molecule has 0 aromatic heterocycles. The van der Waals surface area contributed by atoms with Gasteiger partial charge in [0.15, 0.2) is 11.5 Å². The molecule has 66 valence electrons. The first kappa shape index (κ1) is 9.04. The Balaban J connectivity index is 2.76. The zero-order valence-corrected chi connectivity index (χ0v) is 7.34. The minimum Gasteiger partial charge on any atom is -0.504 e. The number of allylic oxidation sites excluding steroid dienone is 3. The molecule has 1 unspecified atom stereocenters. The number of ketones is 1. The standard InChI is InChI=1S/C10H14O2/c1-3-4-8-6-5-7(2)9(11)10(8)12/h3,8,11H,1,4-6H2,2H3. The van der Waals surface area contributed by atoms with Gasteiger partial charge in [-0.1, -0.05) is 6.08 Å². The average Bonchev–Trinajstić information content (AvgIpc) is 2.07. The highest BCUT2D eigenvalue weighted by atomic mass is 16.3. The highest BCUT2D eigenvalue weighted by molar-refractivity contribution is 5.96. The summed E-state index contributed by atoms with van der Waals surface area (Å²) in [6, 6.07) is 0. The van der Waals surface area contributed by atoms with Crippen molar-refractivity contribution in [3.8, 4) is 0 Å². The van der Waals surface area contributed by atoms with E-state index in [4.69, 9.17) is 0 Å². The summed E-state index contributed by atoms with van der Waals surface area (Å²) in [7, 11) is 0. The first-order valence-corrected chi connectivity index (χ1v) is 4.20. The highest BCUT2D eigenvalue weighted by Gasteiger charge is 2.26. The quantitative estimate of drug-likeness (QED) is 0.639. The molecule has 0 bridgehead atoms. The molecule has 1 rings (SSSR count). The Labute approximate surface area is 72.6 Å². The number of aliphatic hydroxyl groups is 1. The van der Waals surface area contributed by atoms with Crippen molar-refractivity contribution in [3.05, 3.63) is 24.0 Å². The number of hydrogen-bond acceptors (Lipinski definition) is 2. The average molecular weight is 166 g/mol. The van der Waals surface area contributed by atoms with Crippen LogP contribution in [0.15, 0.2) is 24.0 Å². The molecule has 12 heavy (non-hydrogen) atoms. The third-order valence-electron chi connectivity index (χ3n) is 2.33.